The van der Waals surface area contributed by atoms with Gasteiger partial charge < -0.3 is 9.52 Å². The first-order valence-electron chi connectivity index (χ1n) is 6.07. The average molecular weight is 303 g/mol. The van der Waals surface area contributed by atoms with E-state index >= 15 is 0 Å². The average Bonchev–Trinajstić information content (AvgIpc) is 2.96. The van der Waals surface area contributed by atoms with Crippen LogP contribution in [0.1, 0.15) is 5.56 Å². The van der Waals surface area contributed by atoms with Crippen LogP contribution in [-0.4, -0.2) is 20.3 Å². The van der Waals surface area contributed by atoms with Crippen LogP contribution < -0.4 is 0 Å². The molecule has 3 aromatic rings. The third kappa shape index (κ3) is 3.38. The first-order chi connectivity index (χ1) is 10.2. The van der Waals surface area contributed by atoms with Crippen molar-refractivity contribution in [3.8, 4) is 17.3 Å². The molecule has 106 valence electrons. The molecule has 1 aromatic carbocycles. The van der Waals surface area contributed by atoms with Crippen LogP contribution in [0.15, 0.2) is 52.2 Å². The van der Waals surface area contributed by atoms with Gasteiger partial charge in [0.25, 0.3) is 5.22 Å². The van der Waals surface area contributed by atoms with E-state index in [1.165, 1.54) is 36.2 Å². The number of benzene rings is 1. The van der Waals surface area contributed by atoms with E-state index in [1.807, 2.05) is 0 Å². The highest BCUT2D eigenvalue weighted by molar-refractivity contribution is 7.98. The van der Waals surface area contributed by atoms with Crippen LogP contribution in [0.4, 0.5) is 4.39 Å². The highest BCUT2D eigenvalue weighted by Crippen LogP contribution is 2.26. The zero-order valence-corrected chi connectivity index (χ0v) is 11.5. The summed E-state index contributed by atoms with van der Waals surface area (Å²) in [4.78, 5) is 3.69. The molecule has 0 spiro atoms. The minimum atomic E-state index is -0.263. The molecule has 1 N–H and O–H groups in total. The summed E-state index contributed by atoms with van der Waals surface area (Å²) in [5.41, 5.74) is 1.56. The van der Waals surface area contributed by atoms with E-state index in [2.05, 4.69) is 15.2 Å². The number of aromatic nitrogens is 3. The summed E-state index contributed by atoms with van der Waals surface area (Å²) >= 11 is 1.36. The molecule has 0 amide bonds. The lowest BCUT2D eigenvalue weighted by Gasteiger charge is -1.97. The standard InChI is InChI=1S/C14H10FN3O2S/c15-11-3-1-9(2-4-11)8-21-14-18-17-13(20-14)10-5-6-16-12(19)7-10/h1-7H,8H2,(H,16,19). The molecule has 2 aromatic heterocycles. The molecular formula is C14H10FN3O2S. The molecular weight excluding hydrogens is 293 g/mol. The Labute approximate surface area is 123 Å². The van der Waals surface area contributed by atoms with Crippen molar-refractivity contribution in [3.63, 3.8) is 0 Å². The van der Waals surface area contributed by atoms with Gasteiger partial charge >= 0.3 is 0 Å². The Bertz CT molecular complexity index is 746. The smallest absolute Gasteiger partial charge is 0.277 e. The molecule has 21 heavy (non-hydrogen) atoms. The van der Waals surface area contributed by atoms with Crippen LogP contribution in [0.5, 0.6) is 5.88 Å². The summed E-state index contributed by atoms with van der Waals surface area (Å²) < 4.78 is 18.3. The SMILES string of the molecule is Oc1cc(-c2nnc(SCc3ccc(F)cc3)o2)ccn1. The van der Waals surface area contributed by atoms with Crippen LogP contribution in [0.2, 0.25) is 0 Å². The van der Waals surface area contributed by atoms with E-state index in [0.717, 1.165) is 5.56 Å². The van der Waals surface area contributed by atoms with E-state index in [1.54, 1.807) is 18.2 Å². The molecule has 0 aliphatic carbocycles. The van der Waals surface area contributed by atoms with Crippen molar-refractivity contribution >= 4 is 11.8 Å². The van der Waals surface area contributed by atoms with Crippen molar-refractivity contribution in [1.29, 1.82) is 0 Å². The molecule has 0 radical (unpaired) electrons. The van der Waals surface area contributed by atoms with Crippen molar-refractivity contribution in [1.82, 2.24) is 15.2 Å². The van der Waals surface area contributed by atoms with Gasteiger partial charge in [0.15, 0.2) is 0 Å². The Kier molecular flexibility index (Phi) is 3.83. The number of pyridine rings is 1. The van der Waals surface area contributed by atoms with Crippen molar-refractivity contribution < 1.29 is 13.9 Å². The first-order valence-corrected chi connectivity index (χ1v) is 7.05. The van der Waals surface area contributed by atoms with Crippen LogP contribution in [0.25, 0.3) is 11.5 Å². The quantitative estimate of drug-likeness (QED) is 0.746. The highest BCUT2D eigenvalue weighted by Gasteiger charge is 2.10. The number of hydrogen-bond acceptors (Lipinski definition) is 6. The summed E-state index contributed by atoms with van der Waals surface area (Å²) in [7, 11) is 0. The second-order valence-electron chi connectivity index (χ2n) is 4.19. The molecule has 3 rings (SSSR count). The molecule has 0 unspecified atom stereocenters. The number of hydrogen-bond donors (Lipinski definition) is 1. The Morgan fingerprint density at radius 2 is 1.95 bits per heavy atom. The van der Waals surface area contributed by atoms with Crippen LogP contribution in [0.3, 0.4) is 0 Å². The monoisotopic (exact) mass is 303 g/mol. The van der Waals surface area contributed by atoms with Gasteiger partial charge in [-0.3, -0.25) is 0 Å². The van der Waals surface area contributed by atoms with Gasteiger partial charge in [0.1, 0.15) is 5.82 Å². The van der Waals surface area contributed by atoms with E-state index in [9.17, 15) is 9.50 Å². The molecule has 2 heterocycles. The molecule has 5 nitrogen and oxygen atoms in total. The summed E-state index contributed by atoms with van der Waals surface area (Å²) in [6.07, 6.45) is 1.46. The van der Waals surface area contributed by atoms with E-state index in [-0.39, 0.29) is 11.7 Å². The fourth-order valence-electron chi connectivity index (χ4n) is 1.66. The van der Waals surface area contributed by atoms with E-state index in [4.69, 9.17) is 4.42 Å². The van der Waals surface area contributed by atoms with E-state index < -0.39 is 0 Å². The van der Waals surface area contributed by atoms with Crippen molar-refractivity contribution in [2.45, 2.75) is 11.0 Å². The predicted octanol–water partition coefficient (Wildman–Crippen LogP) is 3.27. The van der Waals surface area contributed by atoms with Gasteiger partial charge in [0, 0.05) is 23.6 Å². The Balaban J connectivity index is 1.69. The lowest BCUT2D eigenvalue weighted by Crippen LogP contribution is -1.81. The lowest BCUT2D eigenvalue weighted by atomic mass is 10.2. The van der Waals surface area contributed by atoms with Gasteiger partial charge in [0.2, 0.25) is 11.8 Å². The number of nitrogens with zero attached hydrogens (tertiary/aromatic N) is 3. The highest BCUT2D eigenvalue weighted by atomic mass is 32.2. The van der Waals surface area contributed by atoms with Gasteiger partial charge in [0.05, 0.1) is 0 Å². The topological polar surface area (TPSA) is 72.0 Å². The molecule has 0 atom stereocenters. The molecule has 0 saturated carbocycles. The van der Waals surface area contributed by atoms with Gasteiger partial charge in [-0.25, -0.2) is 9.37 Å². The molecule has 0 saturated heterocycles. The molecule has 0 fully saturated rings. The van der Waals surface area contributed by atoms with Crippen LogP contribution in [0, 0.1) is 5.82 Å². The van der Waals surface area contributed by atoms with Crippen molar-refractivity contribution in [2.75, 3.05) is 0 Å². The molecule has 0 bridgehead atoms. The number of rotatable bonds is 4. The minimum absolute atomic E-state index is 0.105. The maximum atomic E-state index is 12.8. The third-order valence-electron chi connectivity index (χ3n) is 2.67. The Hall–Kier alpha value is -2.41. The zero-order valence-electron chi connectivity index (χ0n) is 10.7. The third-order valence-corrected chi connectivity index (χ3v) is 3.56. The maximum Gasteiger partial charge on any atom is 0.277 e. The first kappa shape index (κ1) is 13.6. The summed E-state index contributed by atoms with van der Waals surface area (Å²) in [6.45, 7) is 0. The summed E-state index contributed by atoms with van der Waals surface area (Å²) in [5, 5.41) is 17.6. The van der Waals surface area contributed by atoms with Crippen LogP contribution >= 0.6 is 11.8 Å². The summed E-state index contributed by atoms with van der Waals surface area (Å²) in [5.74, 6) is 0.547. The Morgan fingerprint density at radius 3 is 2.71 bits per heavy atom. The maximum absolute atomic E-state index is 12.8. The molecule has 0 aliphatic rings. The van der Waals surface area contributed by atoms with Gasteiger partial charge in [-0.15, -0.1) is 10.2 Å². The fourth-order valence-corrected chi connectivity index (χ4v) is 2.38. The van der Waals surface area contributed by atoms with Gasteiger partial charge in [-0.2, -0.15) is 0 Å². The van der Waals surface area contributed by atoms with Crippen LogP contribution in [-0.2, 0) is 5.75 Å². The Morgan fingerprint density at radius 1 is 1.14 bits per heavy atom. The normalized spacial score (nSPS) is 10.7. The lowest BCUT2D eigenvalue weighted by molar-refractivity contribution is 0.450. The zero-order chi connectivity index (χ0) is 14.7. The second kappa shape index (κ2) is 5.92. The fraction of sp³-hybridized carbons (Fsp3) is 0.0714. The minimum Gasteiger partial charge on any atom is -0.493 e. The molecule has 0 aliphatic heterocycles. The number of halogens is 1. The van der Waals surface area contributed by atoms with Gasteiger partial charge in [-0.05, 0) is 23.8 Å². The van der Waals surface area contributed by atoms with Gasteiger partial charge in [-0.1, -0.05) is 23.9 Å². The number of aromatic hydroxyl groups is 1. The number of thioether (sulfide) groups is 1. The predicted molar refractivity (Wildman–Crippen MR) is 75.2 cm³/mol. The van der Waals surface area contributed by atoms with Crippen molar-refractivity contribution in [3.05, 3.63) is 54.0 Å². The van der Waals surface area contributed by atoms with Crippen molar-refractivity contribution in [2.24, 2.45) is 0 Å². The molecule has 7 heteroatoms. The second-order valence-corrected chi connectivity index (χ2v) is 5.12. The van der Waals surface area contributed by atoms with E-state index in [0.29, 0.717) is 22.4 Å². The largest absolute Gasteiger partial charge is 0.493 e. The summed E-state index contributed by atoms with van der Waals surface area (Å²) in [6, 6.07) is 9.36.